The molecule has 2 aliphatic rings. The molecule has 2 rings (SSSR count). The molecule has 1 fully saturated rings. The van der Waals surface area contributed by atoms with E-state index in [1.807, 2.05) is 0 Å². The maximum atomic E-state index is 12.4. The molecule has 1 amide bonds. The number of hydrogen-bond donors (Lipinski definition) is 1. The summed E-state index contributed by atoms with van der Waals surface area (Å²) in [7, 11) is 0. The molecule has 22 heavy (non-hydrogen) atoms. The Morgan fingerprint density at radius 1 is 1.41 bits per heavy atom. The lowest BCUT2D eigenvalue weighted by Crippen LogP contribution is -2.62. The fraction of sp³-hybridized carbons (Fsp3) is 0.733. The number of carbonyl (C=O) groups is 2. The molecule has 0 saturated carbocycles. The van der Waals surface area contributed by atoms with Crippen LogP contribution in [0.5, 0.6) is 0 Å². The first-order valence-electron chi connectivity index (χ1n) is 7.35. The fourth-order valence-corrected chi connectivity index (χ4v) is 2.81. The van der Waals surface area contributed by atoms with E-state index in [-0.39, 0.29) is 18.9 Å². The maximum absolute atomic E-state index is 12.4. The molecular formula is C15H21N3O4. The van der Waals surface area contributed by atoms with Gasteiger partial charge in [-0.2, -0.15) is 10.2 Å². The summed E-state index contributed by atoms with van der Waals surface area (Å²) in [6.45, 7) is 3.99. The summed E-state index contributed by atoms with van der Waals surface area (Å²) in [6.07, 6.45) is 7.10. The molecule has 0 aromatic heterocycles. The quantitative estimate of drug-likeness (QED) is 0.751. The third kappa shape index (κ3) is 3.45. The van der Waals surface area contributed by atoms with Gasteiger partial charge < -0.3 is 14.7 Å². The van der Waals surface area contributed by atoms with Crippen molar-refractivity contribution < 1.29 is 19.4 Å². The van der Waals surface area contributed by atoms with Gasteiger partial charge in [0.15, 0.2) is 11.7 Å². The molecule has 0 aliphatic carbocycles. The Hall–Kier alpha value is -1.94. The van der Waals surface area contributed by atoms with Crippen molar-refractivity contribution in [1.82, 2.24) is 4.90 Å². The monoisotopic (exact) mass is 307 g/mol. The largest absolute Gasteiger partial charge is 0.480 e. The lowest BCUT2D eigenvalue weighted by atomic mass is 9.94. The van der Waals surface area contributed by atoms with E-state index in [0.717, 1.165) is 0 Å². The molecule has 0 spiro atoms. The summed E-state index contributed by atoms with van der Waals surface area (Å²) in [5.41, 5.74) is -1.43. The van der Waals surface area contributed by atoms with Crippen LogP contribution in [0, 0.1) is 12.3 Å². The van der Waals surface area contributed by atoms with Gasteiger partial charge in [0.2, 0.25) is 5.91 Å². The minimum atomic E-state index is -1.05. The average Bonchev–Trinajstić information content (AvgIpc) is 3.21. The van der Waals surface area contributed by atoms with E-state index < -0.39 is 23.3 Å². The van der Waals surface area contributed by atoms with E-state index >= 15 is 0 Å². The standard InChI is InChI=1S/C15H21N3O4/c1-4-5-7-15(16-17-15)8-6-11(19)18-9-10-22-14(2,3)12(18)13(20)21/h1,12H,5-10H2,2-3H3,(H,20,21). The van der Waals surface area contributed by atoms with Crippen molar-refractivity contribution in [2.24, 2.45) is 10.2 Å². The highest BCUT2D eigenvalue weighted by Gasteiger charge is 2.46. The number of nitrogens with zero attached hydrogens (tertiary/aromatic N) is 3. The molecule has 7 heteroatoms. The van der Waals surface area contributed by atoms with Gasteiger partial charge in [0.1, 0.15) is 0 Å². The molecular weight excluding hydrogens is 286 g/mol. The molecule has 0 aromatic carbocycles. The van der Waals surface area contributed by atoms with Crippen LogP contribution in [-0.2, 0) is 14.3 Å². The van der Waals surface area contributed by atoms with Crippen molar-refractivity contribution in [3.63, 3.8) is 0 Å². The molecule has 1 unspecified atom stereocenters. The molecule has 0 bridgehead atoms. The molecule has 2 heterocycles. The van der Waals surface area contributed by atoms with E-state index in [9.17, 15) is 14.7 Å². The summed E-state index contributed by atoms with van der Waals surface area (Å²) in [4.78, 5) is 25.3. The van der Waals surface area contributed by atoms with Gasteiger partial charge in [-0.1, -0.05) is 0 Å². The Balaban J connectivity index is 1.96. The van der Waals surface area contributed by atoms with Crippen LogP contribution in [0.25, 0.3) is 0 Å². The zero-order valence-electron chi connectivity index (χ0n) is 12.9. The summed E-state index contributed by atoms with van der Waals surface area (Å²) >= 11 is 0. The van der Waals surface area contributed by atoms with Crippen LogP contribution in [0.15, 0.2) is 10.2 Å². The maximum Gasteiger partial charge on any atom is 0.329 e. The molecule has 1 N–H and O–H groups in total. The number of rotatable bonds is 6. The van der Waals surface area contributed by atoms with Crippen molar-refractivity contribution in [3.8, 4) is 12.3 Å². The topological polar surface area (TPSA) is 91.6 Å². The summed E-state index contributed by atoms with van der Waals surface area (Å²) in [5, 5.41) is 17.4. The van der Waals surface area contributed by atoms with E-state index in [4.69, 9.17) is 11.2 Å². The number of carboxylic acids is 1. The van der Waals surface area contributed by atoms with E-state index in [1.54, 1.807) is 13.8 Å². The van der Waals surface area contributed by atoms with Crippen molar-refractivity contribution in [2.75, 3.05) is 13.2 Å². The highest BCUT2D eigenvalue weighted by atomic mass is 16.5. The average molecular weight is 307 g/mol. The first kappa shape index (κ1) is 16.4. The Kier molecular flexibility index (Phi) is 4.52. The third-order valence-electron chi connectivity index (χ3n) is 4.12. The molecule has 0 radical (unpaired) electrons. The van der Waals surface area contributed by atoms with Crippen molar-refractivity contribution >= 4 is 11.9 Å². The first-order valence-corrected chi connectivity index (χ1v) is 7.35. The van der Waals surface area contributed by atoms with Crippen LogP contribution >= 0.6 is 0 Å². The predicted octanol–water partition coefficient (Wildman–Crippen LogP) is 1.43. The number of carboxylic acid groups (broad SMARTS) is 1. The van der Waals surface area contributed by atoms with Gasteiger partial charge in [-0.3, -0.25) is 4.79 Å². The third-order valence-corrected chi connectivity index (χ3v) is 4.12. The van der Waals surface area contributed by atoms with Crippen molar-refractivity contribution in [3.05, 3.63) is 0 Å². The minimum Gasteiger partial charge on any atom is -0.480 e. The van der Waals surface area contributed by atoms with E-state index in [0.29, 0.717) is 25.9 Å². The van der Waals surface area contributed by atoms with Gasteiger partial charge in [0, 0.05) is 32.2 Å². The Labute approximate surface area is 129 Å². The summed E-state index contributed by atoms with van der Waals surface area (Å²) in [6, 6.07) is -0.983. The van der Waals surface area contributed by atoms with Gasteiger partial charge in [0.25, 0.3) is 0 Å². The number of amides is 1. The highest BCUT2D eigenvalue weighted by Crippen LogP contribution is 2.38. The number of ether oxygens (including phenoxy) is 1. The van der Waals surface area contributed by atoms with Gasteiger partial charge in [0.05, 0.1) is 12.2 Å². The molecule has 1 atom stereocenters. The Morgan fingerprint density at radius 2 is 2.09 bits per heavy atom. The number of terminal acetylenes is 1. The number of aliphatic carboxylic acids is 1. The van der Waals surface area contributed by atoms with Crippen LogP contribution in [0.3, 0.4) is 0 Å². The second-order valence-electron chi connectivity index (χ2n) is 6.17. The normalized spacial score (nSPS) is 24.6. The van der Waals surface area contributed by atoms with Crippen LogP contribution in [-0.4, -0.2) is 52.3 Å². The molecule has 7 nitrogen and oxygen atoms in total. The second kappa shape index (κ2) is 6.05. The zero-order valence-corrected chi connectivity index (χ0v) is 12.9. The zero-order chi connectivity index (χ0) is 16.4. The van der Waals surface area contributed by atoms with Gasteiger partial charge in [-0.05, 0) is 13.8 Å². The molecule has 120 valence electrons. The number of carbonyl (C=O) groups excluding carboxylic acids is 1. The van der Waals surface area contributed by atoms with Gasteiger partial charge in [-0.15, -0.1) is 12.3 Å². The number of hydrogen-bond acceptors (Lipinski definition) is 5. The molecule has 1 saturated heterocycles. The SMILES string of the molecule is C#CCCC1(CCC(=O)N2CCOC(C)(C)C2C(=O)O)N=N1. The first-order chi connectivity index (χ1) is 10.3. The van der Waals surface area contributed by atoms with Crippen molar-refractivity contribution in [2.45, 2.75) is 56.8 Å². The fourth-order valence-electron chi connectivity index (χ4n) is 2.81. The molecule has 0 aromatic rings. The van der Waals surface area contributed by atoms with Crippen LogP contribution in [0.1, 0.15) is 39.5 Å². The summed E-state index contributed by atoms with van der Waals surface area (Å²) < 4.78 is 5.50. The van der Waals surface area contributed by atoms with Gasteiger partial charge in [-0.25, -0.2) is 4.79 Å². The highest BCUT2D eigenvalue weighted by molar-refractivity contribution is 5.85. The van der Waals surface area contributed by atoms with Crippen molar-refractivity contribution in [1.29, 1.82) is 0 Å². The Bertz CT molecular complexity index is 529. The summed E-state index contributed by atoms with van der Waals surface area (Å²) in [5.74, 6) is 1.28. The lowest BCUT2D eigenvalue weighted by molar-refractivity contribution is -0.179. The Morgan fingerprint density at radius 3 is 2.64 bits per heavy atom. The predicted molar refractivity (Wildman–Crippen MR) is 78.1 cm³/mol. The number of morpholine rings is 1. The minimum absolute atomic E-state index is 0.206. The smallest absolute Gasteiger partial charge is 0.329 e. The van der Waals surface area contributed by atoms with Crippen LogP contribution < -0.4 is 0 Å². The molecule has 2 aliphatic heterocycles. The van der Waals surface area contributed by atoms with E-state index in [2.05, 4.69) is 16.1 Å². The van der Waals surface area contributed by atoms with Crippen LogP contribution in [0.2, 0.25) is 0 Å². The van der Waals surface area contributed by atoms with E-state index in [1.165, 1.54) is 4.90 Å². The van der Waals surface area contributed by atoms with Crippen LogP contribution in [0.4, 0.5) is 0 Å². The second-order valence-corrected chi connectivity index (χ2v) is 6.17. The lowest BCUT2D eigenvalue weighted by Gasteiger charge is -2.43. The van der Waals surface area contributed by atoms with Gasteiger partial charge >= 0.3 is 5.97 Å².